The first-order valence-corrected chi connectivity index (χ1v) is 17.4. The molecule has 0 saturated carbocycles. The summed E-state index contributed by atoms with van der Waals surface area (Å²) in [6.07, 6.45) is 19.9. The molecule has 0 saturated heterocycles. The zero-order valence-electron chi connectivity index (χ0n) is 27.1. The Bertz CT molecular complexity index is 1410. The second-order valence-corrected chi connectivity index (χ2v) is 12.8. The Morgan fingerprint density at radius 3 is 1.95 bits per heavy atom. The fourth-order valence-corrected chi connectivity index (χ4v) is 6.79. The van der Waals surface area contributed by atoms with Gasteiger partial charge < -0.3 is 9.30 Å². The van der Waals surface area contributed by atoms with Crippen molar-refractivity contribution in [2.24, 2.45) is 11.8 Å². The smallest absolute Gasteiger partial charge is 0.259 e. The maximum absolute atomic E-state index is 14.0. The van der Waals surface area contributed by atoms with Gasteiger partial charge in [0.15, 0.2) is 0 Å². The molecule has 4 aromatic rings. The monoisotopic (exact) mass is 572 g/mol. The minimum atomic E-state index is 0.123. The molecule has 2 aromatic carbocycles. The van der Waals surface area contributed by atoms with E-state index in [0.717, 1.165) is 45.0 Å². The molecule has 2 heterocycles. The molecule has 230 valence electrons. The van der Waals surface area contributed by atoms with Gasteiger partial charge in [-0.3, -0.25) is 4.79 Å². The fourth-order valence-electron chi connectivity index (χ4n) is 6.79. The number of ether oxygens (including phenoxy) is 1. The van der Waals surface area contributed by atoms with Crippen LogP contribution in [0.5, 0.6) is 5.88 Å². The van der Waals surface area contributed by atoms with Crippen LogP contribution in [0.1, 0.15) is 130 Å². The van der Waals surface area contributed by atoms with E-state index in [2.05, 4.69) is 50.5 Å². The van der Waals surface area contributed by atoms with Crippen LogP contribution in [0, 0.1) is 11.8 Å². The molecule has 4 heteroatoms. The third kappa shape index (κ3) is 8.05. The number of hydrogen-bond acceptors (Lipinski definition) is 3. The molecule has 0 aliphatic rings. The minimum absolute atomic E-state index is 0.123. The van der Waals surface area contributed by atoms with Crippen molar-refractivity contribution in [2.45, 2.75) is 137 Å². The molecule has 0 fully saturated rings. The van der Waals surface area contributed by atoms with E-state index >= 15 is 0 Å². The van der Waals surface area contributed by atoms with Crippen LogP contribution in [0.2, 0.25) is 0 Å². The van der Waals surface area contributed by atoms with Gasteiger partial charge in [0.25, 0.3) is 5.56 Å². The zero-order chi connectivity index (χ0) is 29.7. The van der Waals surface area contributed by atoms with Gasteiger partial charge in [-0.25, -0.2) is 4.98 Å². The fraction of sp³-hybridized carbons (Fsp3) is 0.632. The van der Waals surface area contributed by atoms with E-state index in [1.165, 1.54) is 103 Å². The van der Waals surface area contributed by atoms with Crippen LogP contribution >= 0.6 is 0 Å². The lowest BCUT2D eigenvalue weighted by atomic mass is 9.94. The molecular weight excluding hydrogens is 516 g/mol. The first kappa shape index (κ1) is 32.3. The molecule has 0 aliphatic carbocycles. The molecule has 0 radical (unpaired) electrons. The third-order valence-electron chi connectivity index (χ3n) is 9.31. The predicted octanol–water partition coefficient (Wildman–Crippen LogP) is 11.1. The lowest BCUT2D eigenvalue weighted by molar-refractivity contribution is 0.221. The van der Waals surface area contributed by atoms with E-state index in [4.69, 9.17) is 9.72 Å². The highest BCUT2D eigenvalue weighted by Crippen LogP contribution is 2.37. The Hall–Kier alpha value is -2.62. The van der Waals surface area contributed by atoms with Crippen LogP contribution in [-0.2, 0) is 6.54 Å². The van der Waals surface area contributed by atoms with Crippen LogP contribution in [0.15, 0.2) is 41.2 Å². The number of nitrogens with zero attached hydrogens (tertiary/aromatic N) is 2. The van der Waals surface area contributed by atoms with Gasteiger partial charge in [-0.05, 0) is 61.8 Å². The number of rotatable bonds is 21. The van der Waals surface area contributed by atoms with Gasteiger partial charge in [-0.2, -0.15) is 0 Å². The molecule has 4 rings (SSSR count). The SMILES string of the molecule is CCCCCCC(CCCC)COc1nc2cccc3c(=O)n(CC(CCCC)CCCCCC)c4cccc1c4c23. The van der Waals surface area contributed by atoms with Crippen molar-refractivity contribution in [1.29, 1.82) is 0 Å². The molecular formula is C38H56N2O2. The van der Waals surface area contributed by atoms with Crippen molar-refractivity contribution in [2.75, 3.05) is 6.61 Å². The summed E-state index contributed by atoms with van der Waals surface area (Å²) in [6, 6.07) is 12.4. The predicted molar refractivity (Wildman–Crippen MR) is 181 cm³/mol. The standard InChI is InChI=1S/C38H56N2O2/c1-5-9-13-15-21-29(19-11-7-3)27-40-34-26-18-23-31-36(34)35-32(38(40)41)24-17-25-33(35)39-37(31)42-28-30(20-12-8-4)22-16-14-10-6-2/h17-18,23-26,29-30H,5-16,19-22,27-28H2,1-4H3. The van der Waals surface area contributed by atoms with Crippen molar-refractivity contribution in [3.8, 4) is 5.88 Å². The summed E-state index contributed by atoms with van der Waals surface area (Å²) in [4.78, 5) is 19.1. The summed E-state index contributed by atoms with van der Waals surface area (Å²) < 4.78 is 8.71. The molecule has 2 unspecified atom stereocenters. The molecule has 0 spiro atoms. The van der Waals surface area contributed by atoms with Crippen LogP contribution < -0.4 is 10.3 Å². The summed E-state index contributed by atoms with van der Waals surface area (Å²) in [5.74, 6) is 1.80. The Balaban J connectivity index is 1.69. The summed E-state index contributed by atoms with van der Waals surface area (Å²) in [5.41, 5.74) is 2.02. The molecule has 0 amide bonds. The first-order chi connectivity index (χ1) is 20.6. The van der Waals surface area contributed by atoms with Gasteiger partial charge in [-0.1, -0.05) is 117 Å². The highest BCUT2D eigenvalue weighted by molar-refractivity contribution is 6.21. The van der Waals surface area contributed by atoms with E-state index in [-0.39, 0.29) is 5.56 Å². The van der Waals surface area contributed by atoms with Crippen LogP contribution in [-0.4, -0.2) is 16.2 Å². The number of benzene rings is 2. The minimum Gasteiger partial charge on any atom is -0.477 e. The van der Waals surface area contributed by atoms with Crippen LogP contribution in [0.3, 0.4) is 0 Å². The summed E-state index contributed by atoms with van der Waals surface area (Å²) in [5, 5.41) is 3.96. The Morgan fingerprint density at radius 2 is 1.26 bits per heavy atom. The lowest BCUT2D eigenvalue weighted by Crippen LogP contribution is -2.25. The van der Waals surface area contributed by atoms with Crippen molar-refractivity contribution in [3.63, 3.8) is 0 Å². The Kier molecular flexibility index (Phi) is 13.0. The van der Waals surface area contributed by atoms with E-state index in [1.54, 1.807) is 0 Å². The quantitative estimate of drug-likeness (QED) is 0.0736. The summed E-state index contributed by atoms with van der Waals surface area (Å²) >= 11 is 0. The van der Waals surface area contributed by atoms with E-state index in [9.17, 15) is 4.79 Å². The zero-order valence-corrected chi connectivity index (χ0v) is 27.1. The lowest BCUT2D eigenvalue weighted by Gasteiger charge is -2.23. The number of hydrogen-bond donors (Lipinski definition) is 0. The Morgan fingerprint density at radius 1 is 0.667 bits per heavy atom. The Labute approximate surface area is 254 Å². The average Bonchev–Trinajstić information content (AvgIpc) is 3.01. The summed E-state index contributed by atoms with van der Waals surface area (Å²) in [6.45, 7) is 10.6. The maximum Gasteiger partial charge on any atom is 0.259 e. The van der Waals surface area contributed by atoms with Gasteiger partial charge in [0.1, 0.15) is 0 Å². The van der Waals surface area contributed by atoms with Crippen molar-refractivity contribution >= 4 is 32.6 Å². The van der Waals surface area contributed by atoms with Gasteiger partial charge in [0, 0.05) is 22.7 Å². The number of aromatic nitrogens is 2. The molecule has 42 heavy (non-hydrogen) atoms. The van der Waals surface area contributed by atoms with Crippen molar-refractivity contribution in [3.05, 3.63) is 46.8 Å². The van der Waals surface area contributed by atoms with Crippen LogP contribution in [0.25, 0.3) is 32.6 Å². The highest BCUT2D eigenvalue weighted by atomic mass is 16.5. The third-order valence-corrected chi connectivity index (χ3v) is 9.31. The number of pyridine rings is 2. The maximum atomic E-state index is 14.0. The second-order valence-electron chi connectivity index (χ2n) is 12.8. The molecule has 4 nitrogen and oxygen atoms in total. The van der Waals surface area contributed by atoms with Gasteiger partial charge in [-0.15, -0.1) is 0 Å². The van der Waals surface area contributed by atoms with E-state index in [0.29, 0.717) is 18.4 Å². The van der Waals surface area contributed by atoms with Crippen molar-refractivity contribution in [1.82, 2.24) is 9.55 Å². The number of unbranched alkanes of at least 4 members (excludes halogenated alkanes) is 8. The molecule has 2 aromatic heterocycles. The normalized spacial score (nSPS) is 13.4. The van der Waals surface area contributed by atoms with Crippen LogP contribution in [0.4, 0.5) is 0 Å². The second kappa shape index (κ2) is 16.9. The molecule has 0 N–H and O–H groups in total. The van der Waals surface area contributed by atoms with E-state index in [1.807, 2.05) is 18.2 Å². The molecule has 0 bridgehead atoms. The van der Waals surface area contributed by atoms with E-state index < -0.39 is 0 Å². The van der Waals surface area contributed by atoms with Gasteiger partial charge in [0.05, 0.1) is 23.0 Å². The largest absolute Gasteiger partial charge is 0.477 e. The van der Waals surface area contributed by atoms with Gasteiger partial charge in [0.2, 0.25) is 5.88 Å². The molecule has 0 aliphatic heterocycles. The summed E-state index contributed by atoms with van der Waals surface area (Å²) in [7, 11) is 0. The van der Waals surface area contributed by atoms with Gasteiger partial charge >= 0.3 is 0 Å². The molecule has 2 atom stereocenters. The topological polar surface area (TPSA) is 44.1 Å². The highest BCUT2D eigenvalue weighted by Gasteiger charge is 2.21. The average molecular weight is 573 g/mol. The first-order valence-electron chi connectivity index (χ1n) is 17.4. The van der Waals surface area contributed by atoms with Crippen molar-refractivity contribution < 1.29 is 4.74 Å².